The van der Waals surface area contributed by atoms with Gasteiger partial charge in [0.1, 0.15) is 29.5 Å². The molecule has 0 bridgehead atoms. The van der Waals surface area contributed by atoms with Crippen LogP contribution in [0.2, 0.25) is 5.02 Å². The maximum absolute atomic E-state index is 14.7. The van der Waals surface area contributed by atoms with Crippen LogP contribution in [0.4, 0.5) is 5.82 Å². The highest BCUT2D eigenvalue weighted by atomic mass is 35.5. The molecule has 3 N–H and O–H groups in total. The molecular weight excluding hydrogens is 734 g/mol. The Labute approximate surface area is 311 Å². The Kier molecular flexibility index (Phi) is 10.3. The number of sulfonamides is 1. The molecule has 5 atom stereocenters. The molecule has 6 rings (SSSR count). The number of nitrogens with zero attached hydrogens (tertiary/aromatic N) is 4. The van der Waals surface area contributed by atoms with Gasteiger partial charge in [-0.3, -0.25) is 19.1 Å². The Balaban J connectivity index is 1.32. The molecule has 3 amide bonds. The van der Waals surface area contributed by atoms with Crippen LogP contribution in [0.1, 0.15) is 53.4 Å². The summed E-state index contributed by atoms with van der Waals surface area (Å²) in [6.45, 7) is 11.5. The fourth-order valence-corrected chi connectivity index (χ4v) is 8.43. The van der Waals surface area contributed by atoms with E-state index in [1.807, 2.05) is 27.7 Å². The van der Waals surface area contributed by atoms with E-state index in [0.717, 1.165) is 11.7 Å². The van der Waals surface area contributed by atoms with Gasteiger partial charge in [0.05, 0.1) is 43.4 Å². The zero-order chi connectivity index (χ0) is 37.6. The topological polar surface area (TPSA) is 191 Å². The van der Waals surface area contributed by atoms with E-state index in [9.17, 15) is 22.8 Å². The van der Waals surface area contributed by atoms with E-state index in [0.29, 0.717) is 46.8 Å². The van der Waals surface area contributed by atoms with E-state index in [2.05, 4.69) is 35.7 Å². The molecule has 18 heteroatoms. The third-order valence-corrected chi connectivity index (χ3v) is 12.1. The lowest BCUT2D eigenvalue weighted by Gasteiger charge is -2.35. The van der Waals surface area contributed by atoms with Gasteiger partial charge in [-0.25, -0.2) is 13.4 Å². The van der Waals surface area contributed by atoms with Gasteiger partial charge in [0.2, 0.25) is 33.5 Å². The van der Waals surface area contributed by atoms with Gasteiger partial charge in [-0.2, -0.15) is 4.37 Å². The fraction of sp³-hybridized carbons (Fsp3) is 0.529. The van der Waals surface area contributed by atoms with E-state index in [1.54, 1.807) is 18.2 Å². The summed E-state index contributed by atoms with van der Waals surface area (Å²) in [5, 5.41) is 7.10. The lowest BCUT2D eigenvalue weighted by atomic mass is 9.85. The second kappa shape index (κ2) is 14.3. The number of carbonyl (C=O) groups excluding carboxylic acids is 3. The molecule has 52 heavy (non-hydrogen) atoms. The molecule has 0 spiro atoms. The van der Waals surface area contributed by atoms with Gasteiger partial charge in [0.25, 0.3) is 11.8 Å². The zero-order valence-electron chi connectivity index (χ0n) is 29.5. The predicted octanol–water partition coefficient (Wildman–Crippen LogP) is 3.69. The highest BCUT2D eigenvalue weighted by Gasteiger charge is 2.62. The first-order chi connectivity index (χ1) is 24.6. The van der Waals surface area contributed by atoms with Crippen LogP contribution in [-0.4, -0.2) is 94.0 Å². The van der Waals surface area contributed by atoms with Crippen molar-refractivity contribution in [2.24, 2.45) is 11.3 Å². The van der Waals surface area contributed by atoms with Gasteiger partial charge in [-0.15, -0.1) is 11.0 Å². The molecule has 15 nitrogen and oxygen atoms in total. The summed E-state index contributed by atoms with van der Waals surface area (Å²) in [5.41, 5.74) is -2.24. The highest BCUT2D eigenvalue weighted by Crippen LogP contribution is 2.46. The number of fused-ring (bicyclic) bond motifs is 1. The average molecular weight is 776 g/mol. The van der Waals surface area contributed by atoms with Crippen molar-refractivity contribution in [2.45, 2.75) is 82.4 Å². The molecule has 280 valence electrons. The molecule has 3 heterocycles. The fourth-order valence-electron chi connectivity index (χ4n) is 6.42. The highest BCUT2D eigenvalue weighted by molar-refractivity contribution is 7.91. The van der Waals surface area contributed by atoms with E-state index in [4.69, 9.17) is 25.8 Å². The second-order valence-electron chi connectivity index (χ2n) is 14.3. The number of anilines is 1. The molecule has 1 saturated heterocycles. The van der Waals surface area contributed by atoms with Crippen molar-refractivity contribution in [2.75, 3.05) is 25.6 Å². The molecule has 2 aliphatic carbocycles. The van der Waals surface area contributed by atoms with Crippen LogP contribution < -0.4 is 29.6 Å². The lowest BCUT2D eigenvalue weighted by molar-refractivity contribution is -0.141. The number of aromatic nitrogens is 3. The van der Waals surface area contributed by atoms with E-state index in [-0.39, 0.29) is 31.1 Å². The van der Waals surface area contributed by atoms with Gasteiger partial charge in [0.15, 0.2) is 0 Å². The quantitative estimate of drug-likeness (QED) is 0.202. The smallest absolute Gasteiger partial charge is 0.270 e. The number of hydrogen-bond acceptors (Lipinski definition) is 13. The number of hydrogen-bond donors (Lipinski definition) is 3. The molecule has 3 fully saturated rings. The number of methoxy groups -OCH3 is 1. The third-order valence-electron chi connectivity index (χ3n) is 9.51. The van der Waals surface area contributed by atoms with Gasteiger partial charge < -0.3 is 29.7 Å². The maximum atomic E-state index is 14.7. The molecular formula is C34H42ClN7O8S2. The Morgan fingerprint density at radius 2 is 1.94 bits per heavy atom. The summed E-state index contributed by atoms with van der Waals surface area (Å²) >= 11 is 7.28. The molecule has 3 aromatic rings. The summed E-state index contributed by atoms with van der Waals surface area (Å²) < 4.78 is 53.6. The molecule has 3 aliphatic rings. The standard InChI is InChI=1S/C34H42ClN7O8S2/c1-7-18-15-34(18,32(45)41-52(46,47)21-10-11-21)38-28(43)24-14-20(50-29-23-13-19(35)9-12-22(23)25(48-6)16-36-29)17-42(24)31(44)26(33(3,4)5)37-27-30(49-8-2)40-51-39-27/h7,9,12-13,16,18,20-21,24,26H,1,8,10-11,14-15,17H2,2-6H3,(H,37,39)(H,38,43)(H,41,45)/t18-,20-,24+,26?,34-/m1/s1. The number of amides is 3. The number of halogens is 1. The SMILES string of the molecule is C=C[C@@H]1C[C@]1(NC(=O)[C@@H]1C[C@@H](Oc2ncc(OC)c3ccc(Cl)cc23)CN1C(=O)C(Nc1nsnc1OCC)C(C)(C)C)C(=O)NS(=O)(=O)C1CC1. The minimum atomic E-state index is -3.89. The van der Waals surface area contributed by atoms with E-state index < -0.39 is 68.1 Å². The average Bonchev–Trinajstić information content (AvgIpc) is 3.98. The normalized spacial score (nSPS) is 23.4. The van der Waals surface area contributed by atoms with Gasteiger partial charge in [-0.05, 0) is 49.8 Å². The number of rotatable bonds is 14. The molecule has 1 aromatic carbocycles. The van der Waals surface area contributed by atoms with Gasteiger partial charge in [0, 0.05) is 28.1 Å². The van der Waals surface area contributed by atoms with Crippen molar-refractivity contribution in [1.82, 2.24) is 28.7 Å². The number of carbonyl (C=O) groups is 3. The third kappa shape index (κ3) is 7.48. The predicted molar refractivity (Wildman–Crippen MR) is 195 cm³/mol. The monoisotopic (exact) mass is 775 g/mol. The van der Waals surface area contributed by atoms with E-state index in [1.165, 1.54) is 24.3 Å². The van der Waals surface area contributed by atoms with Crippen molar-refractivity contribution < 1.29 is 37.0 Å². The first-order valence-electron chi connectivity index (χ1n) is 16.9. The molecule has 2 aromatic heterocycles. The number of nitrogens with one attached hydrogen (secondary N) is 3. The minimum Gasteiger partial charge on any atom is -0.494 e. The number of likely N-dealkylation sites (tertiary alicyclic amines) is 1. The summed E-state index contributed by atoms with van der Waals surface area (Å²) in [5.74, 6) is -1.14. The Hall–Kier alpha value is -4.22. The summed E-state index contributed by atoms with van der Waals surface area (Å²) in [4.78, 5) is 48.4. The Bertz CT molecular complexity index is 2000. The van der Waals surface area contributed by atoms with Crippen LogP contribution in [-0.2, 0) is 24.4 Å². The first kappa shape index (κ1) is 37.5. The van der Waals surface area contributed by atoms with Crippen LogP contribution in [0.5, 0.6) is 17.5 Å². The van der Waals surface area contributed by atoms with Crippen LogP contribution in [0.3, 0.4) is 0 Å². The van der Waals surface area contributed by atoms with Crippen LogP contribution in [0, 0.1) is 11.3 Å². The maximum Gasteiger partial charge on any atom is 0.270 e. The van der Waals surface area contributed by atoms with Crippen LogP contribution in [0.25, 0.3) is 10.8 Å². The molecule has 2 saturated carbocycles. The summed E-state index contributed by atoms with van der Waals surface area (Å²) in [6.07, 6.45) is 3.41. The van der Waals surface area contributed by atoms with Crippen molar-refractivity contribution in [3.8, 4) is 17.5 Å². The molecule has 0 radical (unpaired) electrons. The molecule has 1 aliphatic heterocycles. The Morgan fingerprint density at radius 1 is 1.19 bits per heavy atom. The van der Waals surface area contributed by atoms with Gasteiger partial charge >= 0.3 is 0 Å². The lowest BCUT2D eigenvalue weighted by Crippen LogP contribution is -2.58. The minimum absolute atomic E-state index is 0.0191. The number of ether oxygens (including phenoxy) is 3. The summed E-state index contributed by atoms with van der Waals surface area (Å²) in [6, 6.07) is 3.17. The number of benzene rings is 1. The second-order valence-corrected chi connectivity index (χ2v) is 17.2. The summed E-state index contributed by atoms with van der Waals surface area (Å²) in [7, 11) is -2.37. The van der Waals surface area contributed by atoms with Crippen LogP contribution >= 0.6 is 23.3 Å². The van der Waals surface area contributed by atoms with Crippen molar-refractivity contribution in [1.29, 1.82) is 0 Å². The van der Waals surface area contributed by atoms with Gasteiger partial charge in [-0.1, -0.05) is 38.4 Å². The van der Waals surface area contributed by atoms with Crippen molar-refractivity contribution >= 4 is 67.7 Å². The number of pyridine rings is 1. The van der Waals surface area contributed by atoms with E-state index >= 15 is 0 Å². The molecule has 1 unspecified atom stereocenters. The van der Waals surface area contributed by atoms with Crippen molar-refractivity contribution in [3.63, 3.8) is 0 Å². The van der Waals surface area contributed by atoms with Crippen molar-refractivity contribution in [3.05, 3.63) is 42.1 Å². The zero-order valence-corrected chi connectivity index (χ0v) is 31.9. The Morgan fingerprint density at radius 3 is 2.58 bits per heavy atom. The largest absolute Gasteiger partial charge is 0.494 e. The first-order valence-corrected chi connectivity index (χ1v) is 19.6. The van der Waals surface area contributed by atoms with Crippen LogP contribution in [0.15, 0.2) is 37.1 Å².